The van der Waals surface area contributed by atoms with E-state index in [2.05, 4.69) is 6.07 Å². The smallest absolute Gasteiger partial charge is 0.353 e. The maximum absolute atomic E-state index is 12.2. The maximum atomic E-state index is 12.2. The van der Waals surface area contributed by atoms with Crippen LogP contribution in [0.25, 0.3) is 0 Å². The molecule has 1 unspecified atom stereocenters. The Bertz CT molecular complexity index is 1130. The number of carbonyl (C=O) groups is 1. The van der Waals surface area contributed by atoms with Crippen molar-refractivity contribution in [1.82, 2.24) is 0 Å². The van der Waals surface area contributed by atoms with E-state index in [0.29, 0.717) is 27.7 Å². The zero-order chi connectivity index (χ0) is 20.4. The van der Waals surface area contributed by atoms with Gasteiger partial charge in [-0.3, -0.25) is 0 Å². The number of fused-ring (bicyclic) bond motifs is 1. The molecule has 1 aliphatic rings. The summed E-state index contributed by atoms with van der Waals surface area (Å²) in [6, 6.07) is 18.1. The average Bonchev–Trinajstić information content (AvgIpc) is 3.28. The number of nitrogens with two attached hydrogens (primary N) is 1. The van der Waals surface area contributed by atoms with Gasteiger partial charge in [0.2, 0.25) is 5.88 Å². The van der Waals surface area contributed by atoms with Crippen LogP contribution in [0.4, 0.5) is 0 Å². The Kier molecular flexibility index (Phi) is 4.94. The topological polar surface area (TPSA) is 94.6 Å². The number of nitriles is 1. The number of hydrogen-bond donors (Lipinski definition) is 1. The molecule has 2 heterocycles. The molecule has 1 atom stereocenters. The lowest BCUT2D eigenvalue weighted by molar-refractivity contribution is 0.0739. The second-order valence-corrected chi connectivity index (χ2v) is 7.21. The van der Waals surface area contributed by atoms with Gasteiger partial charge in [0.25, 0.3) is 0 Å². The van der Waals surface area contributed by atoms with E-state index in [-0.39, 0.29) is 5.88 Å². The van der Waals surface area contributed by atoms with Crippen LogP contribution in [0, 0.1) is 11.3 Å². The van der Waals surface area contributed by atoms with E-state index in [1.165, 1.54) is 11.3 Å². The van der Waals surface area contributed by atoms with Crippen LogP contribution in [-0.4, -0.2) is 13.1 Å². The molecular formula is C22H16N2O4S. The fourth-order valence-electron chi connectivity index (χ4n) is 3.19. The van der Waals surface area contributed by atoms with E-state index in [4.69, 9.17) is 19.9 Å². The molecule has 7 heteroatoms. The van der Waals surface area contributed by atoms with Crippen molar-refractivity contribution in [2.45, 2.75) is 5.92 Å². The fourth-order valence-corrected chi connectivity index (χ4v) is 3.79. The molecule has 0 amide bonds. The summed E-state index contributed by atoms with van der Waals surface area (Å²) in [6.07, 6.45) is 0. The van der Waals surface area contributed by atoms with Crippen LogP contribution in [0.3, 0.4) is 0 Å². The summed E-state index contributed by atoms with van der Waals surface area (Å²) in [5.74, 6) is 0.693. The van der Waals surface area contributed by atoms with Crippen molar-refractivity contribution in [3.05, 3.63) is 87.4 Å². The van der Waals surface area contributed by atoms with Gasteiger partial charge in [-0.15, -0.1) is 11.3 Å². The van der Waals surface area contributed by atoms with E-state index >= 15 is 0 Å². The normalized spacial score (nSPS) is 15.1. The largest absolute Gasteiger partial charge is 0.497 e. The minimum absolute atomic E-state index is 0.0301. The van der Waals surface area contributed by atoms with E-state index in [1.54, 1.807) is 42.8 Å². The van der Waals surface area contributed by atoms with Crippen molar-refractivity contribution in [2.24, 2.45) is 5.73 Å². The molecule has 3 aromatic rings. The minimum Gasteiger partial charge on any atom is -0.497 e. The Balaban J connectivity index is 1.70. The molecule has 0 saturated carbocycles. The summed E-state index contributed by atoms with van der Waals surface area (Å²) >= 11 is 1.30. The van der Waals surface area contributed by atoms with Crippen LogP contribution < -0.4 is 19.9 Å². The number of hydrogen-bond acceptors (Lipinski definition) is 7. The van der Waals surface area contributed by atoms with Gasteiger partial charge in [0.05, 0.1) is 13.0 Å². The molecule has 29 heavy (non-hydrogen) atoms. The van der Waals surface area contributed by atoms with Gasteiger partial charge in [-0.1, -0.05) is 24.3 Å². The van der Waals surface area contributed by atoms with Crippen LogP contribution in [0.2, 0.25) is 0 Å². The van der Waals surface area contributed by atoms with E-state index < -0.39 is 11.9 Å². The number of allylic oxidation sites excluding steroid dienone is 1. The fraction of sp³-hybridized carbons (Fsp3) is 0.0909. The van der Waals surface area contributed by atoms with Crippen LogP contribution in [0.15, 0.2) is 71.4 Å². The molecule has 4 rings (SSSR count). The molecule has 0 aliphatic carbocycles. The average molecular weight is 404 g/mol. The van der Waals surface area contributed by atoms with Crippen LogP contribution in [0.1, 0.15) is 26.7 Å². The highest BCUT2D eigenvalue weighted by atomic mass is 32.1. The first-order chi connectivity index (χ1) is 14.1. The van der Waals surface area contributed by atoms with E-state index in [1.807, 2.05) is 24.3 Å². The molecule has 0 spiro atoms. The molecule has 0 bridgehead atoms. The van der Waals surface area contributed by atoms with Crippen molar-refractivity contribution in [2.75, 3.05) is 7.11 Å². The molecule has 144 valence electrons. The highest BCUT2D eigenvalue weighted by Gasteiger charge is 2.31. The zero-order valence-corrected chi connectivity index (χ0v) is 16.2. The molecule has 2 aromatic carbocycles. The lowest BCUT2D eigenvalue weighted by Gasteiger charge is -2.26. The summed E-state index contributed by atoms with van der Waals surface area (Å²) in [5.41, 5.74) is 7.98. The summed E-state index contributed by atoms with van der Waals surface area (Å²) in [7, 11) is 1.59. The van der Waals surface area contributed by atoms with Gasteiger partial charge in [0.1, 0.15) is 33.8 Å². The van der Waals surface area contributed by atoms with Gasteiger partial charge >= 0.3 is 5.97 Å². The number of carbonyl (C=O) groups excluding carboxylic acids is 1. The van der Waals surface area contributed by atoms with Crippen LogP contribution >= 0.6 is 11.3 Å². The van der Waals surface area contributed by atoms with Crippen LogP contribution in [-0.2, 0) is 0 Å². The number of esters is 1. The maximum Gasteiger partial charge on any atom is 0.353 e. The Labute approximate surface area is 171 Å². The third kappa shape index (κ3) is 3.53. The van der Waals surface area contributed by atoms with Crippen molar-refractivity contribution in [3.8, 4) is 23.3 Å². The molecule has 2 N–H and O–H groups in total. The number of rotatable bonds is 4. The summed E-state index contributed by atoms with van der Waals surface area (Å²) in [5, 5.41) is 11.4. The standard InChI is InChI=1S/C22H16N2O4S/c1-26-14-6-4-13(5-7-14)20-16-9-8-15(27-22(25)19-3-2-10-29-19)11-18(16)28-21(24)17(20)12-23/h2-11,20H,24H2,1H3. The summed E-state index contributed by atoms with van der Waals surface area (Å²) in [4.78, 5) is 12.7. The van der Waals surface area contributed by atoms with Gasteiger partial charge in [-0.05, 0) is 35.2 Å². The molecule has 0 saturated heterocycles. The number of benzene rings is 2. The number of ether oxygens (including phenoxy) is 3. The van der Waals surface area contributed by atoms with Gasteiger partial charge in [0, 0.05) is 11.6 Å². The van der Waals surface area contributed by atoms with Crippen molar-refractivity contribution >= 4 is 17.3 Å². The van der Waals surface area contributed by atoms with Crippen molar-refractivity contribution in [1.29, 1.82) is 5.26 Å². The Morgan fingerprint density at radius 1 is 1.17 bits per heavy atom. The molecule has 6 nitrogen and oxygen atoms in total. The number of nitrogens with zero attached hydrogens (tertiary/aromatic N) is 1. The third-order valence-electron chi connectivity index (χ3n) is 4.57. The van der Waals surface area contributed by atoms with Gasteiger partial charge < -0.3 is 19.9 Å². The second kappa shape index (κ2) is 7.70. The molecular weight excluding hydrogens is 388 g/mol. The molecule has 1 aromatic heterocycles. The molecule has 0 radical (unpaired) electrons. The first-order valence-corrected chi connectivity index (χ1v) is 9.60. The first kappa shape index (κ1) is 18.6. The van der Waals surface area contributed by atoms with Crippen molar-refractivity contribution < 1.29 is 19.0 Å². The molecule has 0 fully saturated rings. The summed E-state index contributed by atoms with van der Waals surface area (Å²) < 4.78 is 16.3. The highest BCUT2D eigenvalue weighted by Crippen LogP contribution is 2.43. The lowest BCUT2D eigenvalue weighted by atomic mass is 9.83. The lowest BCUT2D eigenvalue weighted by Crippen LogP contribution is -2.21. The molecule has 1 aliphatic heterocycles. The number of methoxy groups -OCH3 is 1. The van der Waals surface area contributed by atoms with E-state index in [9.17, 15) is 10.1 Å². The zero-order valence-electron chi connectivity index (χ0n) is 15.4. The first-order valence-electron chi connectivity index (χ1n) is 8.72. The van der Waals surface area contributed by atoms with Gasteiger partial charge in [-0.25, -0.2) is 4.79 Å². The highest BCUT2D eigenvalue weighted by molar-refractivity contribution is 7.12. The predicted octanol–water partition coefficient (Wildman–Crippen LogP) is 4.19. The van der Waals surface area contributed by atoms with Gasteiger partial charge in [-0.2, -0.15) is 5.26 Å². The Morgan fingerprint density at radius 2 is 1.93 bits per heavy atom. The Morgan fingerprint density at radius 3 is 2.59 bits per heavy atom. The summed E-state index contributed by atoms with van der Waals surface area (Å²) in [6.45, 7) is 0. The van der Waals surface area contributed by atoms with Gasteiger partial charge in [0.15, 0.2) is 0 Å². The monoisotopic (exact) mass is 404 g/mol. The minimum atomic E-state index is -0.441. The van der Waals surface area contributed by atoms with Crippen LogP contribution in [0.5, 0.6) is 17.2 Å². The quantitative estimate of drug-likeness (QED) is 0.517. The third-order valence-corrected chi connectivity index (χ3v) is 5.42. The Hall–Kier alpha value is -3.76. The van der Waals surface area contributed by atoms with Crippen molar-refractivity contribution in [3.63, 3.8) is 0 Å². The predicted molar refractivity (Wildman–Crippen MR) is 108 cm³/mol. The number of thiophene rings is 1. The SMILES string of the molecule is COc1ccc(C2C(C#N)=C(N)Oc3cc(OC(=O)c4cccs4)ccc32)cc1. The van der Waals surface area contributed by atoms with E-state index in [0.717, 1.165) is 11.1 Å². The second-order valence-electron chi connectivity index (χ2n) is 6.26.